The molecular formula is C14H8BrClN2O2. The molecule has 3 rings (SSSR count). The lowest BCUT2D eigenvalue weighted by atomic mass is 10.2. The molecule has 2 N–H and O–H groups in total. The predicted molar refractivity (Wildman–Crippen MR) is 81.2 cm³/mol. The lowest BCUT2D eigenvalue weighted by Gasteiger charge is -1.96. The van der Waals surface area contributed by atoms with Crippen LogP contribution < -0.4 is 0 Å². The van der Waals surface area contributed by atoms with Crippen molar-refractivity contribution in [2.75, 3.05) is 0 Å². The number of fused-ring (bicyclic) bond motifs is 1. The van der Waals surface area contributed by atoms with Crippen molar-refractivity contribution >= 4 is 44.5 Å². The molecule has 0 spiro atoms. The van der Waals surface area contributed by atoms with Crippen molar-refractivity contribution < 1.29 is 9.90 Å². The highest BCUT2D eigenvalue weighted by atomic mass is 79.9. The Morgan fingerprint density at radius 1 is 1.25 bits per heavy atom. The Balaban J connectivity index is 2.17. The summed E-state index contributed by atoms with van der Waals surface area (Å²) in [6.07, 6.45) is 0. The molecule has 2 aromatic carbocycles. The second-order valence-corrected chi connectivity index (χ2v) is 5.57. The Labute approximate surface area is 127 Å². The molecule has 100 valence electrons. The molecule has 1 aromatic heterocycles. The van der Waals surface area contributed by atoms with Crippen molar-refractivity contribution in [2.24, 2.45) is 0 Å². The van der Waals surface area contributed by atoms with Crippen LogP contribution in [0.4, 0.5) is 0 Å². The lowest BCUT2D eigenvalue weighted by molar-refractivity contribution is 0.0697. The number of hydrogen-bond acceptors (Lipinski definition) is 2. The van der Waals surface area contributed by atoms with Crippen LogP contribution in [0.1, 0.15) is 10.4 Å². The Bertz CT molecular complexity index is 812. The van der Waals surface area contributed by atoms with Crippen molar-refractivity contribution in [3.05, 3.63) is 51.5 Å². The van der Waals surface area contributed by atoms with Crippen molar-refractivity contribution in [1.29, 1.82) is 0 Å². The van der Waals surface area contributed by atoms with Crippen molar-refractivity contribution in [3.8, 4) is 11.4 Å². The van der Waals surface area contributed by atoms with Gasteiger partial charge in [0, 0.05) is 10.0 Å². The molecule has 6 heteroatoms. The predicted octanol–water partition coefficient (Wildman–Crippen LogP) is 4.34. The average Bonchev–Trinajstić information content (AvgIpc) is 2.84. The molecule has 3 aromatic rings. The number of aromatic nitrogens is 2. The average molecular weight is 352 g/mol. The van der Waals surface area contributed by atoms with E-state index in [1.54, 1.807) is 0 Å². The van der Waals surface area contributed by atoms with Gasteiger partial charge in [-0.1, -0.05) is 39.7 Å². The Morgan fingerprint density at radius 2 is 1.95 bits per heavy atom. The van der Waals surface area contributed by atoms with Crippen LogP contribution in [0.3, 0.4) is 0 Å². The van der Waals surface area contributed by atoms with Gasteiger partial charge in [0.25, 0.3) is 0 Å². The highest BCUT2D eigenvalue weighted by molar-refractivity contribution is 9.10. The van der Waals surface area contributed by atoms with E-state index in [1.165, 1.54) is 12.1 Å². The van der Waals surface area contributed by atoms with E-state index in [1.807, 2.05) is 24.3 Å². The van der Waals surface area contributed by atoms with Gasteiger partial charge in [0.05, 0.1) is 16.1 Å². The van der Waals surface area contributed by atoms with Gasteiger partial charge < -0.3 is 10.1 Å². The van der Waals surface area contributed by atoms with Crippen LogP contribution in [0.5, 0.6) is 0 Å². The number of benzene rings is 2. The number of nitrogens with zero attached hydrogens (tertiary/aromatic N) is 1. The Morgan fingerprint density at radius 3 is 2.60 bits per heavy atom. The van der Waals surface area contributed by atoms with Crippen LogP contribution in [0.2, 0.25) is 5.02 Å². The molecule has 0 aliphatic rings. The smallest absolute Gasteiger partial charge is 0.335 e. The third kappa shape index (κ3) is 2.30. The van der Waals surface area contributed by atoms with Gasteiger partial charge in [-0.15, -0.1) is 0 Å². The van der Waals surface area contributed by atoms with E-state index in [-0.39, 0.29) is 5.56 Å². The number of halogens is 2. The zero-order valence-electron chi connectivity index (χ0n) is 10.0. The lowest BCUT2D eigenvalue weighted by Crippen LogP contribution is -1.95. The first-order valence-electron chi connectivity index (χ1n) is 5.73. The molecule has 0 saturated heterocycles. The highest BCUT2D eigenvalue weighted by Crippen LogP contribution is 2.27. The third-order valence-corrected chi connectivity index (χ3v) is 3.72. The topological polar surface area (TPSA) is 66.0 Å². The quantitative estimate of drug-likeness (QED) is 0.721. The third-order valence-electron chi connectivity index (χ3n) is 2.90. The molecule has 0 aliphatic heterocycles. The summed E-state index contributed by atoms with van der Waals surface area (Å²) >= 11 is 9.45. The molecule has 20 heavy (non-hydrogen) atoms. The van der Waals surface area contributed by atoms with Crippen molar-refractivity contribution in [2.45, 2.75) is 0 Å². The molecule has 0 radical (unpaired) electrons. The molecule has 0 fully saturated rings. The fourth-order valence-electron chi connectivity index (χ4n) is 1.94. The van der Waals surface area contributed by atoms with E-state index in [0.717, 1.165) is 10.0 Å². The number of imidazole rings is 1. The molecule has 0 atom stereocenters. The van der Waals surface area contributed by atoms with E-state index in [2.05, 4.69) is 25.9 Å². The van der Waals surface area contributed by atoms with Crippen molar-refractivity contribution in [3.63, 3.8) is 0 Å². The normalized spacial score (nSPS) is 10.9. The van der Waals surface area contributed by atoms with Crippen LogP contribution in [0.25, 0.3) is 22.4 Å². The molecule has 0 bridgehead atoms. The summed E-state index contributed by atoms with van der Waals surface area (Å²) in [6.45, 7) is 0. The zero-order chi connectivity index (χ0) is 14.3. The second kappa shape index (κ2) is 4.92. The number of hydrogen-bond donors (Lipinski definition) is 2. The minimum atomic E-state index is -1.02. The summed E-state index contributed by atoms with van der Waals surface area (Å²) in [4.78, 5) is 18.5. The fraction of sp³-hybridized carbons (Fsp3) is 0. The number of carboxylic acid groups (broad SMARTS) is 1. The van der Waals surface area contributed by atoms with Crippen LogP contribution >= 0.6 is 27.5 Å². The SMILES string of the molecule is O=C(O)c1cc(Cl)c2nc(-c3ccc(Br)cc3)[nH]c2c1. The first-order valence-corrected chi connectivity index (χ1v) is 6.90. The molecular weight excluding hydrogens is 344 g/mol. The first-order chi connectivity index (χ1) is 9.54. The molecule has 0 amide bonds. The molecule has 0 aliphatic carbocycles. The fourth-order valence-corrected chi connectivity index (χ4v) is 2.47. The van der Waals surface area contributed by atoms with E-state index in [4.69, 9.17) is 16.7 Å². The van der Waals surface area contributed by atoms with Crippen LogP contribution in [-0.2, 0) is 0 Å². The maximum Gasteiger partial charge on any atom is 0.335 e. The van der Waals surface area contributed by atoms with Gasteiger partial charge in [-0.25, -0.2) is 9.78 Å². The summed E-state index contributed by atoms with van der Waals surface area (Å²) in [6, 6.07) is 10.6. The van der Waals surface area contributed by atoms with Gasteiger partial charge in [-0.05, 0) is 24.3 Å². The number of carboxylic acids is 1. The van der Waals surface area contributed by atoms with Crippen LogP contribution in [-0.4, -0.2) is 21.0 Å². The minimum absolute atomic E-state index is 0.133. The first kappa shape index (κ1) is 13.1. The Hall–Kier alpha value is -1.85. The summed E-state index contributed by atoms with van der Waals surface area (Å²) in [5, 5.41) is 9.34. The Kier molecular flexibility index (Phi) is 3.23. The number of aromatic amines is 1. The van der Waals surface area contributed by atoms with Crippen LogP contribution in [0.15, 0.2) is 40.9 Å². The summed E-state index contributed by atoms with van der Waals surface area (Å²) in [5.41, 5.74) is 2.20. The monoisotopic (exact) mass is 350 g/mol. The maximum absolute atomic E-state index is 11.0. The summed E-state index contributed by atoms with van der Waals surface area (Å²) < 4.78 is 0.976. The number of aromatic carboxylic acids is 1. The summed E-state index contributed by atoms with van der Waals surface area (Å²) in [7, 11) is 0. The zero-order valence-corrected chi connectivity index (χ0v) is 12.4. The van der Waals surface area contributed by atoms with E-state index in [0.29, 0.717) is 21.9 Å². The number of H-pyrrole nitrogens is 1. The van der Waals surface area contributed by atoms with Gasteiger partial charge in [0.1, 0.15) is 11.3 Å². The standard InChI is InChI=1S/C14H8BrClN2O2/c15-9-3-1-7(2-4-9)13-17-11-6-8(14(19)20)5-10(16)12(11)18-13/h1-6H,(H,17,18)(H,19,20). The largest absolute Gasteiger partial charge is 0.478 e. The van der Waals surface area contributed by atoms with E-state index < -0.39 is 5.97 Å². The molecule has 0 unspecified atom stereocenters. The molecule has 1 heterocycles. The van der Waals surface area contributed by atoms with Gasteiger partial charge in [0.15, 0.2) is 0 Å². The van der Waals surface area contributed by atoms with E-state index in [9.17, 15) is 4.79 Å². The van der Waals surface area contributed by atoms with Crippen LogP contribution in [0, 0.1) is 0 Å². The number of nitrogens with one attached hydrogen (secondary N) is 1. The highest BCUT2D eigenvalue weighted by Gasteiger charge is 2.12. The van der Waals surface area contributed by atoms with E-state index >= 15 is 0 Å². The molecule has 0 saturated carbocycles. The number of carbonyl (C=O) groups is 1. The second-order valence-electron chi connectivity index (χ2n) is 4.25. The van der Waals surface area contributed by atoms with Gasteiger partial charge in [-0.2, -0.15) is 0 Å². The maximum atomic E-state index is 11.0. The van der Waals surface area contributed by atoms with Gasteiger partial charge in [-0.3, -0.25) is 0 Å². The van der Waals surface area contributed by atoms with Gasteiger partial charge in [0.2, 0.25) is 0 Å². The van der Waals surface area contributed by atoms with Crippen molar-refractivity contribution in [1.82, 2.24) is 9.97 Å². The summed E-state index contributed by atoms with van der Waals surface area (Å²) in [5.74, 6) is -0.370. The number of rotatable bonds is 2. The molecule has 4 nitrogen and oxygen atoms in total. The van der Waals surface area contributed by atoms with Gasteiger partial charge >= 0.3 is 5.97 Å². The minimum Gasteiger partial charge on any atom is -0.478 e.